The minimum absolute atomic E-state index is 0.306. The molecule has 2 aromatic rings. The molecule has 0 amide bonds. The second-order valence-electron chi connectivity index (χ2n) is 6.68. The van der Waals surface area contributed by atoms with Gasteiger partial charge in [-0.25, -0.2) is 4.98 Å². The highest BCUT2D eigenvalue weighted by Crippen LogP contribution is 2.43. The molecular weight excluding hydrogens is 300 g/mol. The van der Waals surface area contributed by atoms with Crippen LogP contribution in [0.3, 0.4) is 0 Å². The molecule has 1 saturated carbocycles. The Morgan fingerprint density at radius 3 is 2.62 bits per heavy atom. The number of aromatic nitrogens is 2. The van der Waals surface area contributed by atoms with Crippen LogP contribution >= 0.6 is 0 Å². The van der Waals surface area contributed by atoms with Crippen molar-refractivity contribution >= 4 is 11.4 Å². The van der Waals surface area contributed by atoms with Crippen molar-refractivity contribution in [1.82, 2.24) is 9.55 Å². The van der Waals surface area contributed by atoms with Crippen molar-refractivity contribution in [3.8, 4) is 0 Å². The molecule has 24 heavy (non-hydrogen) atoms. The number of aliphatic hydroxyl groups is 1. The number of hydrogen-bond acceptors (Lipinski definition) is 4. The van der Waals surface area contributed by atoms with Crippen molar-refractivity contribution in [1.29, 1.82) is 0 Å². The van der Waals surface area contributed by atoms with Crippen LogP contribution in [0.1, 0.15) is 43.5 Å². The van der Waals surface area contributed by atoms with Crippen LogP contribution in [0.2, 0.25) is 0 Å². The van der Waals surface area contributed by atoms with E-state index in [1.807, 2.05) is 29.0 Å². The smallest absolute Gasteiger partial charge is 0.147 e. The van der Waals surface area contributed by atoms with Crippen molar-refractivity contribution < 1.29 is 5.11 Å². The lowest BCUT2D eigenvalue weighted by molar-refractivity contribution is 0.246. The summed E-state index contributed by atoms with van der Waals surface area (Å²) in [7, 11) is 0. The van der Waals surface area contributed by atoms with E-state index >= 15 is 0 Å². The topological polar surface area (TPSA) is 76.4 Å². The van der Waals surface area contributed by atoms with E-state index in [4.69, 9.17) is 5.73 Å². The molecular formula is C19H22N4O. The number of nitrogens with two attached hydrogens (primary N) is 1. The Kier molecular flexibility index (Phi) is 3.63. The number of rotatable bonds is 3. The van der Waals surface area contributed by atoms with Gasteiger partial charge in [-0.3, -0.25) is 4.99 Å². The van der Waals surface area contributed by atoms with Gasteiger partial charge in [0.25, 0.3) is 0 Å². The predicted molar refractivity (Wildman–Crippen MR) is 94.8 cm³/mol. The van der Waals surface area contributed by atoms with Crippen LogP contribution in [0, 0.1) is 0 Å². The maximum Gasteiger partial charge on any atom is 0.147 e. The van der Waals surface area contributed by atoms with Crippen LogP contribution in [0.5, 0.6) is 0 Å². The summed E-state index contributed by atoms with van der Waals surface area (Å²) in [5.74, 6) is 1.41. The van der Waals surface area contributed by atoms with Crippen molar-refractivity contribution in [2.24, 2.45) is 10.7 Å². The van der Waals surface area contributed by atoms with Gasteiger partial charge in [0.1, 0.15) is 23.0 Å². The molecule has 0 atom stereocenters. The monoisotopic (exact) mass is 322 g/mol. The fourth-order valence-corrected chi connectivity index (χ4v) is 3.84. The number of benzene rings is 1. The van der Waals surface area contributed by atoms with E-state index in [2.05, 4.69) is 22.1 Å². The molecule has 124 valence electrons. The predicted octanol–water partition coefficient (Wildman–Crippen LogP) is 3.27. The van der Waals surface area contributed by atoms with E-state index in [1.165, 1.54) is 12.0 Å². The molecule has 0 saturated heterocycles. The lowest BCUT2D eigenvalue weighted by atomic mass is 9.81. The molecule has 1 aromatic heterocycles. The summed E-state index contributed by atoms with van der Waals surface area (Å²) in [6, 6.07) is 10.2. The first-order chi connectivity index (χ1) is 11.7. The molecule has 1 aliphatic carbocycles. The molecule has 0 radical (unpaired) electrons. The van der Waals surface area contributed by atoms with Crippen LogP contribution in [-0.2, 0) is 6.54 Å². The number of hydrogen-bond donors (Lipinski definition) is 2. The zero-order chi connectivity index (χ0) is 16.6. The first-order valence-electron chi connectivity index (χ1n) is 8.54. The Labute approximate surface area is 141 Å². The second-order valence-corrected chi connectivity index (χ2v) is 6.68. The Balaban J connectivity index is 1.72. The zero-order valence-corrected chi connectivity index (χ0v) is 13.7. The highest BCUT2D eigenvalue weighted by molar-refractivity contribution is 6.23. The second kappa shape index (κ2) is 5.82. The summed E-state index contributed by atoms with van der Waals surface area (Å²) in [6.07, 6.45) is 8.74. The van der Waals surface area contributed by atoms with Crippen LogP contribution in [0.4, 0.5) is 0 Å². The van der Waals surface area contributed by atoms with Gasteiger partial charge in [-0.1, -0.05) is 49.6 Å². The van der Waals surface area contributed by atoms with Gasteiger partial charge < -0.3 is 15.4 Å². The minimum atomic E-state index is -0.513. The molecule has 1 aliphatic heterocycles. The zero-order valence-electron chi connectivity index (χ0n) is 13.7. The van der Waals surface area contributed by atoms with E-state index in [0.29, 0.717) is 29.5 Å². The van der Waals surface area contributed by atoms with Crippen LogP contribution in [0.15, 0.2) is 53.5 Å². The molecule has 4 rings (SSSR count). The normalized spacial score (nSPS) is 19.8. The van der Waals surface area contributed by atoms with E-state index in [0.717, 1.165) is 25.7 Å². The Morgan fingerprint density at radius 1 is 1.12 bits per heavy atom. The molecule has 5 heteroatoms. The third-order valence-electron chi connectivity index (χ3n) is 5.08. The highest BCUT2D eigenvalue weighted by Gasteiger charge is 2.44. The summed E-state index contributed by atoms with van der Waals surface area (Å²) in [4.78, 5) is 9.12. The summed E-state index contributed by atoms with van der Waals surface area (Å²) in [5, 5.41) is 10.9. The van der Waals surface area contributed by atoms with Gasteiger partial charge in [-0.05, 0) is 18.4 Å². The Morgan fingerprint density at radius 2 is 1.88 bits per heavy atom. The summed E-state index contributed by atoms with van der Waals surface area (Å²) >= 11 is 0. The van der Waals surface area contributed by atoms with Gasteiger partial charge in [-0.2, -0.15) is 0 Å². The van der Waals surface area contributed by atoms with Crippen molar-refractivity contribution in [3.63, 3.8) is 0 Å². The molecule has 0 unspecified atom stereocenters. The fraction of sp³-hybridized carbons (Fsp3) is 0.368. The van der Waals surface area contributed by atoms with Crippen molar-refractivity contribution in [2.75, 3.05) is 0 Å². The third kappa shape index (κ3) is 2.40. The van der Waals surface area contributed by atoms with E-state index in [-0.39, 0.29) is 0 Å². The van der Waals surface area contributed by atoms with Gasteiger partial charge in [0.05, 0.1) is 5.57 Å². The fourth-order valence-electron chi connectivity index (χ4n) is 3.84. The molecule has 5 nitrogen and oxygen atoms in total. The summed E-state index contributed by atoms with van der Waals surface area (Å²) in [5.41, 5.74) is 7.48. The van der Waals surface area contributed by atoms with E-state index < -0.39 is 5.54 Å². The average Bonchev–Trinajstić information content (AvgIpc) is 3.12. The quantitative estimate of drug-likeness (QED) is 0.910. The van der Waals surface area contributed by atoms with Crippen molar-refractivity contribution in [2.45, 2.75) is 44.2 Å². The molecule has 0 bridgehead atoms. The molecule has 3 N–H and O–H groups in total. The first kappa shape index (κ1) is 15.0. The maximum atomic E-state index is 10.9. The molecule has 2 aliphatic rings. The molecule has 1 fully saturated rings. The lowest BCUT2D eigenvalue weighted by Gasteiger charge is -2.30. The molecule has 1 spiro atoms. The average molecular weight is 322 g/mol. The lowest BCUT2D eigenvalue weighted by Crippen LogP contribution is -2.30. The van der Waals surface area contributed by atoms with E-state index in [9.17, 15) is 5.11 Å². The molecule has 2 heterocycles. The SMILES string of the molecule is NC1=NC2(CCCCC2)C(O)=C1c1nccn1Cc1ccccc1. The number of imidazole rings is 1. The van der Waals surface area contributed by atoms with Crippen molar-refractivity contribution in [3.05, 3.63) is 59.9 Å². The van der Waals surface area contributed by atoms with Gasteiger partial charge in [-0.15, -0.1) is 0 Å². The highest BCUT2D eigenvalue weighted by atomic mass is 16.3. The third-order valence-corrected chi connectivity index (χ3v) is 5.08. The number of aliphatic hydroxyl groups excluding tert-OH is 1. The van der Waals surface area contributed by atoms with Gasteiger partial charge in [0.2, 0.25) is 0 Å². The number of aliphatic imine (C=N–C) groups is 1. The molecule has 1 aromatic carbocycles. The number of nitrogens with zero attached hydrogens (tertiary/aromatic N) is 3. The largest absolute Gasteiger partial charge is 0.509 e. The first-order valence-corrected chi connectivity index (χ1v) is 8.54. The van der Waals surface area contributed by atoms with Crippen LogP contribution in [0.25, 0.3) is 5.57 Å². The summed E-state index contributed by atoms with van der Waals surface area (Å²) < 4.78 is 2.02. The summed E-state index contributed by atoms with van der Waals surface area (Å²) in [6.45, 7) is 0.688. The standard InChI is InChI=1S/C19H22N4O/c20-17-15(16(24)19(22-17)9-5-2-6-10-19)18-21-11-12-23(18)13-14-7-3-1-4-8-14/h1,3-4,7-8,11-12,24H,2,5-6,9-10,13H2,(H2,20,22). The van der Waals surface area contributed by atoms with Gasteiger partial charge >= 0.3 is 0 Å². The van der Waals surface area contributed by atoms with Gasteiger partial charge in [0.15, 0.2) is 0 Å². The van der Waals surface area contributed by atoms with E-state index in [1.54, 1.807) is 6.20 Å². The Bertz CT molecular complexity index is 798. The minimum Gasteiger partial charge on any atom is -0.509 e. The Hall–Kier alpha value is -2.56. The number of amidine groups is 1. The van der Waals surface area contributed by atoms with Crippen LogP contribution < -0.4 is 5.73 Å². The van der Waals surface area contributed by atoms with Gasteiger partial charge in [0, 0.05) is 18.9 Å². The van der Waals surface area contributed by atoms with Crippen LogP contribution in [-0.4, -0.2) is 26.0 Å². The maximum absolute atomic E-state index is 10.9.